The summed E-state index contributed by atoms with van der Waals surface area (Å²) in [6.45, 7) is -1.86. The van der Waals surface area contributed by atoms with E-state index in [4.69, 9.17) is 0 Å². The maximum Gasteiger partial charge on any atom is 0.411 e. The zero-order chi connectivity index (χ0) is 7.33. The number of hydrogen-bond donors (Lipinski definition) is 0. The van der Waals surface area contributed by atoms with Crippen molar-refractivity contribution in [3.05, 3.63) is 0 Å². The van der Waals surface area contributed by atoms with Crippen LogP contribution >= 0.6 is 0 Å². The summed E-state index contributed by atoms with van der Waals surface area (Å²) >= 11 is 0. The van der Waals surface area contributed by atoms with Gasteiger partial charge in [0.25, 0.3) is 0 Å². The van der Waals surface area contributed by atoms with Crippen molar-refractivity contribution in [3.63, 3.8) is 0 Å². The second-order valence-corrected chi connectivity index (χ2v) is 1.30. The van der Waals surface area contributed by atoms with E-state index >= 15 is 0 Å². The number of aldehydes is 1. The first-order chi connectivity index (χ1) is 4.06. The number of rotatable bonds is 3. The summed E-state index contributed by atoms with van der Waals surface area (Å²) < 4.78 is 37.3. The van der Waals surface area contributed by atoms with Crippen LogP contribution < -0.4 is 0 Å². The lowest BCUT2D eigenvalue weighted by atomic mass is 10.7. The maximum atomic E-state index is 11.1. The predicted octanol–water partition coefficient (Wildman–Crippen LogP) is 0.764. The van der Waals surface area contributed by atoms with Gasteiger partial charge in [-0.15, -0.1) is 0 Å². The fraction of sp³-hybridized carbons (Fsp3) is 0.750. The average molecular weight is 142 g/mol. The molecule has 0 atom stereocenters. The van der Waals surface area contributed by atoms with Gasteiger partial charge in [-0.3, -0.25) is 0 Å². The van der Waals surface area contributed by atoms with Crippen molar-refractivity contribution in [2.45, 2.75) is 6.18 Å². The molecule has 54 valence electrons. The number of alkyl halides is 3. The van der Waals surface area contributed by atoms with Gasteiger partial charge in [0.2, 0.25) is 0 Å². The van der Waals surface area contributed by atoms with Crippen LogP contribution in [0, 0.1) is 0 Å². The van der Waals surface area contributed by atoms with E-state index in [1.165, 1.54) is 0 Å². The van der Waals surface area contributed by atoms with E-state index in [0.29, 0.717) is 0 Å². The molecule has 0 aromatic carbocycles. The minimum Gasteiger partial charge on any atom is -0.365 e. The van der Waals surface area contributed by atoms with Crippen molar-refractivity contribution in [1.82, 2.24) is 0 Å². The maximum absolute atomic E-state index is 11.1. The minimum atomic E-state index is -4.33. The van der Waals surface area contributed by atoms with Gasteiger partial charge < -0.3 is 9.53 Å². The molecule has 0 aromatic rings. The molecule has 9 heavy (non-hydrogen) atoms. The second kappa shape index (κ2) is 3.45. The minimum absolute atomic E-state index is 0.270. The normalized spacial score (nSPS) is 11.4. The number of hydrogen-bond acceptors (Lipinski definition) is 2. The molecule has 0 N–H and O–H groups in total. The van der Waals surface area contributed by atoms with E-state index in [2.05, 4.69) is 4.74 Å². The summed E-state index contributed by atoms with van der Waals surface area (Å²) in [6, 6.07) is 0. The van der Waals surface area contributed by atoms with Crippen LogP contribution in [0.2, 0.25) is 0 Å². The first-order valence-electron chi connectivity index (χ1n) is 2.14. The SMILES string of the molecule is O=CCOCC(F)(F)F. The summed E-state index contributed by atoms with van der Waals surface area (Å²) in [5.74, 6) is 0. The molecule has 0 radical (unpaired) electrons. The number of ether oxygens (including phenoxy) is 1. The van der Waals surface area contributed by atoms with Gasteiger partial charge in [0.05, 0.1) is 0 Å². The number of carbonyl (C=O) groups excluding carboxylic acids is 1. The Morgan fingerprint density at radius 3 is 2.33 bits per heavy atom. The Labute approximate surface area is 49.6 Å². The Hall–Kier alpha value is -0.580. The molecule has 0 aliphatic carbocycles. The zero-order valence-corrected chi connectivity index (χ0v) is 4.44. The molecule has 0 heterocycles. The third-order valence-electron chi connectivity index (χ3n) is 0.452. The van der Waals surface area contributed by atoms with E-state index in [1.54, 1.807) is 0 Å². The van der Waals surface area contributed by atoms with Gasteiger partial charge in [-0.2, -0.15) is 13.2 Å². The third-order valence-corrected chi connectivity index (χ3v) is 0.452. The lowest BCUT2D eigenvalue weighted by Crippen LogP contribution is -2.17. The van der Waals surface area contributed by atoms with Crippen molar-refractivity contribution < 1.29 is 22.7 Å². The highest BCUT2D eigenvalue weighted by Crippen LogP contribution is 2.13. The Morgan fingerprint density at radius 1 is 1.44 bits per heavy atom. The van der Waals surface area contributed by atoms with Crippen LogP contribution in [0.5, 0.6) is 0 Å². The molecule has 0 unspecified atom stereocenters. The quantitative estimate of drug-likeness (QED) is 0.429. The molecule has 0 aromatic heterocycles. The fourth-order valence-corrected chi connectivity index (χ4v) is 0.223. The summed E-state index contributed by atoms with van der Waals surface area (Å²) in [5, 5.41) is 0. The second-order valence-electron chi connectivity index (χ2n) is 1.30. The first kappa shape index (κ1) is 8.42. The molecule has 0 spiro atoms. The van der Waals surface area contributed by atoms with Crippen LogP contribution in [0.25, 0.3) is 0 Å². The summed E-state index contributed by atoms with van der Waals surface area (Å²) in [7, 11) is 0. The van der Waals surface area contributed by atoms with Gasteiger partial charge in [-0.05, 0) is 0 Å². The summed E-state index contributed by atoms with van der Waals surface area (Å²) in [6.07, 6.45) is -4.06. The Balaban J connectivity index is 3.17. The van der Waals surface area contributed by atoms with E-state index < -0.39 is 19.4 Å². The molecule has 0 rings (SSSR count). The molecule has 0 aliphatic rings. The highest BCUT2D eigenvalue weighted by atomic mass is 19.4. The van der Waals surface area contributed by atoms with Crippen LogP contribution in [0.15, 0.2) is 0 Å². The Kier molecular flexibility index (Phi) is 3.22. The lowest BCUT2D eigenvalue weighted by molar-refractivity contribution is -0.173. The summed E-state index contributed by atoms with van der Waals surface area (Å²) in [4.78, 5) is 9.40. The third kappa shape index (κ3) is 7.42. The highest BCUT2D eigenvalue weighted by molar-refractivity contribution is 5.50. The molecule has 2 nitrogen and oxygen atoms in total. The molecule has 0 saturated carbocycles. The molecular formula is C4H5F3O2. The smallest absolute Gasteiger partial charge is 0.365 e. The first-order valence-corrected chi connectivity index (χ1v) is 2.14. The monoisotopic (exact) mass is 142 g/mol. The van der Waals surface area contributed by atoms with E-state index in [-0.39, 0.29) is 6.29 Å². The van der Waals surface area contributed by atoms with Crippen molar-refractivity contribution in [1.29, 1.82) is 0 Å². The van der Waals surface area contributed by atoms with Crippen LogP contribution in [0.3, 0.4) is 0 Å². The fourth-order valence-electron chi connectivity index (χ4n) is 0.223. The number of halogens is 3. The Morgan fingerprint density at radius 2 is 2.00 bits per heavy atom. The van der Waals surface area contributed by atoms with Gasteiger partial charge in [-0.25, -0.2) is 0 Å². The average Bonchev–Trinajstić information content (AvgIpc) is 1.63. The van der Waals surface area contributed by atoms with Gasteiger partial charge in [0, 0.05) is 0 Å². The molecule has 0 amide bonds. The molecule has 0 aliphatic heterocycles. The van der Waals surface area contributed by atoms with Crippen molar-refractivity contribution in [2.75, 3.05) is 13.2 Å². The zero-order valence-electron chi connectivity index (χ0n) is 4.44. The highest BCUT2D eigenvalue weighted by Gasteiger charge is 2.26. The van der Waals surface area contributed by atoms with E-state index in [1.807, 2.05) is 0 Å². The van der Waals surface area contributed by atoms with Gasteiger partial charge in [0.15, 0.2) is 0 Å². The van der Waals surface area contributed by atoms with Gasteiger partial charge >= 0.3 is 6.18 Å². The number of carbonyl (C=O) groups is 1. The van der Waals surface area contributed by atoms with Crippen molar-refractivity contribution >= 4 is 6.29 Å². The predicted molar refractivity (Wildman–Crippen MR) is 22.9 cm³/mol. The molecule has 0 fully saturated rings. The van der Waals surface area contributed by atoms with E-state index in [9.17, 15) is 18.0 Å². The van der Waals surface area contributed by atoms with Crippen LogP contribution in [0.1, 0.15) is 0 Å². The lowest BCUT2D eigenvalue weighted by Gasteiger charge is -2.03. The molecule has 5 heteroatoms. The van der Waals surface area contributed by atoms with E-state index in [0.717, 1.165) is 0 Å². The largest absolute Gasteiger partial charge is 0.411 e. The van der Waals surface area contributed by atoms with Crippen LogP contribution in [0.4, 0.5) is 13.2 Å². The van der Waals surface area contributed by atoms with Gasteiger partial charge in [-0.1, -0.05) is 0 Å². The molecule has 0 bridgehead atoms. The van der Waals surface area contributed by atoms with Gasteiger partial charge in [0.1, 0.15) is 19.5 Å². The topological polar surface area (TPSA) is 26.3 Å². The Bertz CT molecular complexity index is 88.3. The van der Waals surface area contributed by atoms with Crippen LogP contribution in [-0.4, -0.2) is 25.7 Å². The van der Waals surface area contributed by atoms with Crippen molar-refractivity contribution in [2.24, 2.45) is 0 Å². The standard InChI is InChI=1S/C4H5F3O2/c5-4(6,7)3-9-2-1-8/h1H,2-3H2. The van der Waals surface area contributed by atoms with Crippen LogP contribution in [-0.2, 0) is 9.53 Å². The molecule has 0 saturated heterocycles. The molecular weight excluding hydrogens is 137 g/mol. The summed E-state index contributed by atoms with van der Waals surface area (Å²) in [5.41, 5.74) is 0. The van der Waals surface area contributed by atoms with Crippen molar-refractivity contribution in [3.8, 4) is 0 Å².